The smallest absolute Gasteiger partial charge is 0.122 e. The average Bonchev–Trinajstić information content (AvgIpc) is 2.40. The van der Waals surface area contributed by atoms with Crippen LogP contribution < -0.4 is 14.8 Å². The Morgan fingerprint density at radius 3 is 2.94 bits per heavy atom. The number of ether oxygens (including phenoxy) is 2. The molecular weight excluding hydrogens is 214 g/mol. The predicted molar refractivity (Wildman–Crippen MR) is 68.7 cm³/mol. The molecular formula is C14H19NO2. The fraction of sp³-hybridized carbons (Fsp3) is 0.429. The van der Waals surface area contributed by atoms with Crippen molar-refractivity contribution in [3.05, 3.63) is 35.9 Å². The number of benzene rings is 1. The summed E-state index contributed by atoms with van der Waals surface area (Å²) < 4.78 is 10.9. The topological polar surface area (TPSA) is 30.5 Å². The fourth-order valence-electron chi connectivity index (χ4n) is 1.89. The molecule has 2 rings (SSSR count). The zero-order valence-corrected chi connectivity index (χ0v) is 10.2. The summed E-state index contributed by atoms with van der Waals surface area (Å²) in [5.74, 6) is 1.71. The van der Waals surface area contributed by atoms with Crippen LogP contribution in [0.4, 0.5) is 0 Å². The molecule has 0 atom stereocenters. The molecule has 0 spiro atoms. The van der Waals surface area contributed by atoms with E-state index in [2.05, 4.69) is 11.4 Å². The summed E-state index contributed by atoms with van der Waals surface area (Å²) in [5, 5.41) is 3.30. The van der Waals surface area contributed by atoms with Crippen molar-refractivity contribution in [3.8, 4) is 11.5 Å². The van der Waals surface area contributed by atoms with Crippen molar-refractivity contribution in [1.82, 2.24) is 5.32 Å². The third-order valence-corrected chi connectivity index (χ3v) is 2.89. The van der Waals surface area contributed by atoms with Crippen molar-refractivity contribution in [2.45, 2.75) is 12.8 Å². The highest BCUT2D eigenvalue weighted by Crippen LogP contribution is 2.19. The average molecular weight is 233 g/mol. The van der Waals surface area contributed by atoms with Crippen LogP contribution >= 0.6 is 0 Å². The van der Waals surface area contributed by atoms with Gasteiger partial charge in [0.2, 0.25) is 0 Å². The second kappa shape index (κ2) is 6.30. The lowest BCUT2D eigenvalue weighted by atomic mass is 10.1. The lowest BCUT2D eigenvalue weighted by Crippen LogP contribution is -2.21. The van der Waals surface area contributed by atoms with Gasteiger partial charge >= 0.3 is 0 Å². The van der Waals surface area contributed by atoms with Crippen LogP contribution in [0.1, 0.15) is 12.8 Å². The van der Waals surface area contributed by atoms with E-state index in [0.29, 0.717) is 0 Å². The van der Waals surface area contributed by atoms with E-state index < -0.39 is 0 Å². The van der Waals surface area contributed by atoms with Gasteiger partial charge in [0.05, 0.1) is 13.7 Å². The minimum Gasteiger partial charge on any atom is -0.497 e. The van der Waals surface area contributed by atoms with E-state index in [9.17, 15) is 0 Å². The zero-order chi connectivity index (χ0) is 11.9. The first-order chi connectivity index (χ1) is 8.38. The Bertz CT molecular complexity index is 388. The zero-order valence-electron chi connectivity index (χ0n) is 10.2. The first-order valence-corrected chi connectivity index (χ1v) is 6.04. The molecule has 92 valence electrons. The van der Waals surface area contributed by atoms with Crippen LogP contribution in [0.5, 0.6) is 11.5 Å². The van der Waals surface area contributed by atoms with Gasteiger partial charge in [-0.2, -0.15) is 0 Å². The first kappa shape index (κ1) is 12.0. The largest absolute Gasteiger partial charge is 0.497 e. The number of hydrogen-bond donors (Lipinski definition) is 1. The number of rotatable bonds is 5. The quantitative estimate of drug-likeness (QED) is 0.792. The van der Waals surface area contributed by atoms with Gasteiger partial charge < -0.3 is 14.8 Å². The van der Waals surface area contributed by atoms with Gasteiger partial charge in [0.15, 0.2) is 0 Å². The molecule has 0 saturated carbocycles. The fourth-order valence-corrected chi connectivity index (χ4v) is 1.89. The molecule has 1 aliphatic heterocycles. The molecule has 0 aromatic heterocycles. The molecule has 1 N–H and O–H groups in total. The molecule has 0 radical (unpaired) electrons. The van der Waals surface area contributed by atoms with Gasteiger partial charge in [0.1, 0.15) is 11.5 Å². The minimum absolute atomic E-state index is 0.735. The van der Waals surface area contributed by atoms with Gasteiger partial charge in [-0.05, 0) is 25.1 Å². The van der Waals surface area contributed by atoms with Gasteiger partial charge in [0.25, 0.3) is 0 Å². The van der Waals surface area contributed by atoms with Crippen molar-refractivity contribution >= 4 is 0 Å². The summed E-state index contributed by atoms with van der Waals surface area (Å²) >= 11 is 0. The molecule has 1 aliphatic rings. The summed E-state index contributed by atoms with van der Waals surface area (Å²) in [4.78, 5) is 0. The highest BCUT2D eigenvalue weighted by atomic mass is 16.5. The number of methoxy groups -OCH3 is 1. The van der Waals surface area contributed by atoms with Crippen LogP contribution in [0.15, 0.2) is 35.9 Å². The maximum absolute atomic E-state index is 5.71. The van der Waals surface area contributed by atoms with Crippen LogP contribution in [0, 0.1) is 0 Å². The van der Waals surface area contributed by atoms with Crippen molar-refractivity contribution in [1.29, 1.82) is 0 Å². The lowest BCUT2D eigenvalue weighted by molar-refractivity contribution is 0.316. The summed E-state index contributed by atoms with van der Waals surface area (Å²) in [7, 11) is 1.67. The summed E-state index contributed by atoms with van der Waals surface area (Å²) in [6, 6.07) is 7.73. The highest BCUT2D eigenvalue weighted by molar-refractivity contribution is 5.32. The van der Waals surface area contributed by atoms with E-state index in [1.54, 1.807) is 7.11 Å². The molecule has 1 heterocycles. The molecule has 0 unspecified atom stereocenters. The third-order valence-electron chi connectivity index (χ3n) is 2.89. The maximum atomic E-state index is 5.71. The summed E-state index contributed by atoms with van der Waals surface area (Å²) in [6.45, 7) is 2.82. The second-order valence-corrected chi connectivity index (χ2v) is 4.09. The van der Waals surface area contributed by atoms with Gasteiger partial charge in [-0.15, -0.1) is 0 Å². The van der Waals surface area contributed by atoms with E-state index in [4.69, 9.17) is 9.47 Å². The van der Waals surface area contributed by atoms with Crippen LogP contribution in [0.3, 0.4) is 0 Å². The molecule has 1 aromatic rings. The Balaban J connectivity index is 1.79. The predicted octanol–water partition coefficient (Wildman–Crippen LogP) is 2.38. The minimum atomic E-state index is 0.735. The Hall–Kier alpha value is -1.48. The Kier molecular flexibility index (Phi) is 4.45. The Morgan fingerprint density at radius 2 is 2.18 bits per heavy atom. The van der Waals surface area contributed by atoms with Crippen LogP contribution in [-0.2, 0) is 0 Å². The van der Waals surface area contributed by atoms with Crippen LogP contribution in [0.2, 0.25) is 0 Å². The Labute approximate surface area is 102 Å². The van der Waals surface area contributed by atoms with E-state index in [1.165, 1.54) is 5.57 Å². The van der Waals surface area contributed by atoms with Gasteiger partial charge in [-0.1, -0.05) is 17.7 Å². The lowest BCUT2D eigenvalue weighted by Gasteiger charge is -2.14. The molecule has 1 aromatic carbocycles. The third kappa shape index (κ3) is 3.79. The van der Waals surface area contributed by atoms with Crippen molar-refractivity contribution in [3.63, 3.8) is 0 Å². The number of nitrogens with one attached hydrogen (secondary N) is 1. The molecule has 0 fully saturated rings. The maximum Gasteiger partial charge on any atom is 0.122 e. The highest BCUT2D eigenvalue weighted by Gasteiger charge is 2.03. The molecule has 0 saturated heterocycles. The molecule has 17 heavy (non-hydrogen) atoms. The summed E-state index contributed by atoms with van der Waals surface area (Å²) in [5.41, 5.74) is 1.49. The van der Waals surface area contributed by atoms with Gasteiger partial charge in [-0.3, -0.25) is 0 Å². The van der Waals surface area contributed by atoms with Crippen LogP contribution in [-0.4, -0.2) is 26.8 Å². The monoisotopic (exact) mass is 233 g/mol. The molecule has 3 nitrogen and oxygen atoms in total. The molecule has 0 amide bonds. The standard InChI is InChI=1S/C14H19NO2/c1-16-13-3-2-4-14(11-13)17-10-7-12-5-8-15-9-6-12/h2-5,11,15H,6-10H2,1H3. The van der Waals surface area contributed by atoms with Crippen molar-refractivity contribution in [2.24, 2.45) is 0 Å². The first-order valence-electron chi connectivity index (χ1n) is 6.04. The normalized spacial score (nSPS) is 15.2. The molecule has 0 bridgehead atoms. The molecule has 0 aliphatic carbocycles. The SMILES string of the molecule is COc1cccc(OCCC2=CCNCC2)c1. The number of hydrogen-bond acceptors (Lipinski definition) is 3. The van der Waals surface area contributed by atoms with Crippen LogP contribution in [0.25, 0.3) is 0 Å². The van der Waals surface area contributed by atoms with E-state index in [-0.39, 0.29) is 0 Å². The second-order valence-electron chi connectivity index (χ2n) is 4.09. The van der Waals surface area contributed by atoms with Gasteiger partial charge in [0, 0.05) is 19.0 Å². The van der Waals surface area contributed by atoms with Crippen molar-refractivity contribution in [2.75, 3.05) is 26.8 Å². The van der Waals surface area contributed by atoms with Gasteiger partial charge in [-0.25, -0.2) is 0 Å². The summed E-state index contributed by atoms with van der Waals surface area (Å²) in [6.07, 6.45) is 4.42. The van der Waals surface area contributed by atoms with E-state index >= 15 is 0 Å². The van der Waals surface area contributed by atoms with Crippen molar-refractivity contribution < 1.29 is 9.47 Å². The van der Waals surface area contributed by atoms with E-state index in [0.717, 1.165) is 44.0 Å². The Morgan fingerprint density at radius 1 is 1.29 bits per heavy atom. The molecule has 3 heteroatoms. The van der Waals surface area contributed by atoms with E-state index in [1.807, 2.05) is 24.3 Å².